The first kappa shape index (κ1) is 24.0. The minimum Gasteiger partial charge on any atom is -0.339 e. The summed E-state index contributed by atoms with van der Waals surface area (Å²) in [5, 5.41) is 6.57. The molecule has 1 aliphatic rings. The number of nitrogens with zero attached hydrogens (tertiary/aromatic N) is 3. The first-order valence-corrected chi connectivity index (χ1v) is 12.7. The molecule has 1 aliphatic heterocycles. The van der Waals surface area contributed by atoms with E-state index in [1.807, 2.05) is 0 Å². The van der Waals surface area contributed by atoms with Gasteiger partial charge in [-0.05, 0) is 67.6 Å². The van der Waals surface area contributed by atoms with Gasteiger partial charge < -0.3 is 9.84 Å². The standard InChI is InChI=1S/C24H27FN4O4S/c1-16-11-13-29(14-12-16)34(31,32)20-7-4-18(5-8-20)24-27-23(33-28-24)10-9-22(30)26-19-6-3-17(2)21(25)15-19/h3-8,15-16H,9-14H2,1-2H3,(H,26,30). The fraction of sp³-hybridized carbons (Fsp3) is 0.375. The van der Waals surface area contributed by atoms with Crippen LogP contribution in [0, 0.1) is 18.7 Å². The number of carbonyl (C=O) groups is 1. The van der Waals surface area contributed by atoms with E-state index in [1.54, 1.807) is 43.3 Å². The van der Waals surface area contributed by atoms with Crippen LogP contribution in [0.5, 0.6) is 0 Å². The van der Waals surface area contributed by atoms with E-state index in [0.717, 1.165) is 12.8 Å². The Hall–Kier alpha value is -3.11. The molecule has 0 saturated carbocycles. The van der Waals surface area contributed by atoms with Gasteiger partial charge in [-0.15, -0.1) is 0 Å². The van der Waals surface area contributed by atoms with Gasteiger partial charge in [-0.2, -0.15) is 9.29 Å². The highest BCUT2D eigenvalue weighted by Crippen LogP contribution is 2.25. The molecule has 0 unspecified atom stereocenters. The van der Waals surface area contributed by atoms with Gasteiger partial charge in [0.25, 0.3) is 0 Å². The molecule has 0 bridgehead atoms. The van der Waals surface area contributed by atoms with E-state index in [0.29, 0.717) is 41.6 Å². The molecule has 4 rings (SSSR count). The van der Waals surface area contributed by atoms with E-state index in [9.17, 15) is 17.6 Å². The monoisotopic (exact) mass is 486 g/mol. The maximum Gasteiger partial charge on any atom is 0.243 e. The number of sulfonamides is 1. The van der Waals surface area contributed by atoms with Gasteiger partial charge >= 0.3 is 0 Å². The fourth-order valence-corrected chi connectivity index (χ4v) is 5.21. The molecule has 0 spiro atoms. The lowest BCUT2D eigenvalue weighted by Gasteiger charge is -2.29. The molecule has 2 heterocycles. The summed E-state index contributed by atoms with van der Waals surface area (Å²) in [4.78, 5) is 16.7. The van der Waals surface area contributed by atoms with Crippen LogP contribution in [-0.4, -0.2) is 41.9 Å². The van der Waals surface area contributed by atoms with E-state index < -0.39 is 10.0 Å². The summed E-state index contributed by atoms with van der Waals surface area (Å²) >= 11 is 0. The van der Waals surface area contributed by atoms with Crippen LogP contribution in [0.2, 0.25) is 0 Å². The molecular weight excluding hydrogens is 459 g/mol. The Labute approximate surface area is 198 Å². The molecule has 8 nitrogen and oxygen atoms in total. The summed E-state index contributed by atoms with van der Waals surface area (Å²) in [7, 11) is -3.53. The third-order valence-electron chi connectivity index (χ3n) is 5.98. The van der Waals surface area contributed by atoms with Crippen LogP contribution in [0.4, 0.5) is 10.1 Å². The normalized spacial score (nSPS) is 15.4. The molecule has 34 heavy (non-hydrogen) atoms. The number of piperidine rings is 1. The Morgan fingerprint density at radius 2 is 1.88 bits per heavy atom. The van der Waals surface area contributed by atoms with Crippen LogP contribution in [0.15, 0.2) is 51.9 Å². The molecule has 0 atom stereocenters. The second-order valence-electron chi connectivity index (χ2n) is 8.63. The van der Waals surface area contributed by atoms with Gasteiger partial charge in [0.1, 0.15) is 5.82 Å². The number of benzene rings is 2. The third-order valence-corrected chi connectivity index (χ3v) is 7.90. The summed E-state index contributed by atoms with van der Waals surface area (Å²) in [6.07, 6.45) is 2.03. The van der Waals surface area contributed by atoms with Crippen molar-refractivity contribution in [1.29, 1.82) is 0 Å². The number of carbonyl (C=O) groups excluding carboxylic acids is 1. The lowest BCUT2D eigenvalue weighted by Crippen LogP contribution is -2.37. The number of aryl methyl sites for hydroxylation is 2. The van der Waals surface area contributed by atoms with Crippen molar-refractivity contribution in [2.75, 3.05) is 18.4 Å². The first-order valence-electron chi connectivity index (χ1n) is 11.2. The average molecular weight is 487 g/mol. The van der Waals surface area contributed by atoms with Crippen molar-refractivity contribution in [1.82, 2.24) is 14.4 Å². The molecular formula is C24H27FN4O4S. The first-order chi connectivity index (χ1) is 16.2. The van der Waals surface area contributed by atoms with E-state index in [1.165, 1.54) is 10.4 Å². The SMILES string of the molecule is Cc1ccc(NC(=O)CCc2nc(-c3ccc(S(=O)(=O)N4CCC(C)CC4)cc3)no2)cc1F. The number of amides is 1. The Balaban J connectivity index is 1.35. The number of nitrogens with one attached hydrogen (secondary N) is 1. The Morgan fingerprint density at radius 3 is 2.56 bits per heavy atom. The average Bonchev–Trinajstić information content (AvgIpc) is 3.30. The van der Waals surface area contributed by atoms with Crippen LogP contribution in [0.25, 0.3) is 11.4 Å². The molecule has 1 N–H and O–H groups in total. The molecule has 10 heteroatoms. The molecule has 1 amide bonds. The van der Waals surface area contributed by atoms with E-state index in [4.69, 9.17) is 4.52 Å². The summed E-state index contributed by atoms with van der Waals surface area (Å²) in [5.41, 5.74) is 1.50. The molecule has 180 valence electrons. The smallest absolute Gasteiger partial charge is 0.243 e. The maximum atomic E-state index is 13.6. The number of halogens is 1. The van der Waals surface area contributed by atoms with Crippen molar-refractivity contribution >= 4 is 21.6 Å². The number of hydrogen-bond donors (Lipinski definition) is 1. The van der Waals surface area contributed by atoms with Crippen LogP contribution in [0.3, 0.4) is 0 Å². The highest BCUT2D eigenvalue weighted by Gasteiger charge is 2.28. The number of rotatable bonds is 7. The number of hydrogen-bond acceptors (Lipinski definition) is 6. The topological polar surface area (TPSA) is 105 Å². The van der Waals surface area contributed by atoms with E-state index >= 15 is 0 Å². The second kappa shape index (κ2) is 10.0. The molecule has 0 radical (unpaired) electrons. The highest BCUT2D eigenvalue weighted by atomic mass is 32.2. The lowest BCUT2D eigenvalue weighted by molar-refractivity contribution is -0.116. The van der Waals surface area contributed by atoms with Crippen molar-refractivity contribution in [3.8, 4) is 11.4 Å². The van der Waals surface area contributed by atoms with E-state index in [-0.39, 0.29) is 35.4 Å². The zero-order valence-electron chi connectivity index (χ0n) is 19.1. The Morgan fingerprint density at radius 1 is 1.18 bits per heavy atom. The predicted octanol–water partition coefficient (Wildman–Crippen LogP) is 4.18. The lowest BCUT2D eigenvalue weighted by atomic mass is 10.0. The second-order valence-corrected chi connectivity index (χ2v) is 10.6. The van der Waals surface area contributed by atoms with Gasteiger partial charge in [-0.1, -0.05) is 18.1 Å². The van der Waals surface area contributed by atoms with Crippen LogP contribution >= 0.6 is 0 Å². The van der Waals surface area contributed by atoms with Gasteiger partial charge in [0.05, 0.1) is 4.90 Å². The van der Waals surface area contributed by atoms with Crippen molar-refractivity contribution < 1.29 is 22.1 Å². The zero-order valence-corrected chi connectivity index (χ0v) is 19.9. The quantitative estimate of drug-likeness (QED) is 0.537. The Bertz CT molecular complexity index is 1270. The fourth-order valence-electron chi connectivity index (χ4n) is 3.74. The molecule has 1 saturated heterocycles. The molecule has 2 aromatic carbocycles. The van der Waals surface area contributed by atoms with Gasteiger partial charge in [0.2, 0.25) is 27.6 Å². The number of aromatic nitrogens is 2. The maximum absolute atomic E-state index is 13.6. The predicted molar refractivity (Wildman–Crippen MR) is 125 cm³/mol. The minimum absolute atomic E-state index is 0.0861. The van der Waals surface area contributed by atoms with Crippen LogP contribution in [0.1, 0.15) is 37.6 Å². The zero-order chi connectivity index (χ0) is 24.3. The van der Waals surface area contributed by atoms with Gasteiger partial charge in [0.15, 0.2) is 0 Å². The van der Waals surface area contributed by atoms with E-state index in [2.05, 4.69) is 22.4 Å². The van der Waals surface area contributed by atoms with Gasteiger partial charge in [-0.3, -0.25) is 4.79 Å². The van der Waals surface area contributed by atoms with Gasteiger partial charge in [-0.25, -0.2) is 12.8 Å². The Kier molecular flexibility index (Phi) is 7.08. The molecule has 0 aliphatic carbocycles. The summed E-state index contributed by atoms with van der Waals surface area (Å²) in [6.45, 7) is 4.85. The summed E-state index contributed by atoms with van der Waals surface area (Å²) in [6, 6.07) is 10.9. The third kappa shape index (κ3) is 5.51. The van der Waals surface area contributed by atoms with Gasteiger partial charge in [0, 0.05) is 37.2 Å². The summed E-state index contributed by atoms with van der Waals surface area (Å²) < 4.78 is 46.1. The number of anilines is 1. The molecule has 1 fully saturated rings. The van der Waals surface area contributed by atoms with Crippen molar-refractivity contribution in [3.05, 3.63) is 59.7 Å². The largest absolute Gasteiger partial charge is 0.339 e. The minimum atomic E-state index is -3.53. The molecule has 1 aromatic heterocycles. The van der Waals surface area contributed by atoms with Crippen LogP contribution < -0.4 is 5.32 Å². The van der Waals surface area contributed by atoms with Crippen molar-refractivity contribution in [2.24, 2.45) is 5.92 Å². The van der Waals surface area contributed by atoms with Crippen molar-refractivity contribution in [3.63, 3.8) is 0 Å². The highest BCUT2D eigenvalue weighted by molar-refractivity contribution is 7.89. The van der Waals surface area contributed by atoms with Crippen molar-refractivity contribution in [2.45, 2.75) is 44.4 Å². The molecule has 3 aromatic rings. The van der Waals surface area contributed by atoms with Crippen LogP contribution in [-0.2, 0) is 21.2 Å². The summed E-state index contributed by atoms with van der Waals surface area (Å²) in [5.74, 6) is 0.442.